The van der Waals surface area contributed by atoms with Crippen LogP contribution in [0.2, 0.25) is 0 Å². The zero-order valence-corrected chi connectivity index (χ0v) is 10.5. The molecule has 0 aliphatic carbocycles. The first-order chi connectivity index (χ1) is 9.70. The molecule has 3 aromatic rings. The van der Waals surface area contributed by atoms with Gasteiger partial charge in [0.2, 0.25) is 0 Å². The van der Waals surface area contributed by atoms with Gasteiger partial charge in [0.25, 0.3) is 6.01 Å². The lowest BCUT2D eigenvalue weighted by molar-refractivity contribution is 0.578. The van der Waals surface area contributed by atoms with E-state index in [2.05, 4.69) is 10.3 Å². The van der Waals surface area contributed by atoms with Crippen molar-refractivity contribution in [1.82, 2.24) is 4.98 Å². The average Bonchev–Trinajstić information content (AvgIpc) is 2.91. The number of nitrogens with two attached hydrogens (primary N) is 1. The van der Waals surface area contributed by atoms with Gasteiger partial charge in [0.1, 0.15) is 17.8 Å². The molecule has 0 unspecified atom stereocenters. The van der Waals surface area contributed by atoms with E-state index in [4.69, 9.17) is 10.2 Å². The predicted octanol–water partition coefficient (Wildman–Crippen LogP) is 3.81. The molecule has 2 aromatic carbocycles. The molecule has 0 radical (unpaired) electrons. The summed E-state index contributed by atoms with van der Waals surface area (Å²) in [5.41, 5.74) is 8.65. The third kappa shape index (κ3) is 2.61. The molecule has 100 valence electrons. The minimum atomic E-state index is -0.287. The SMILES string of the molecule is Nc1ccc(-c2coc(Nc3ccc(F)cc3)n2)cc1. The number of benzene rings is 2. The van der Waals surface area contributed by atoms with Crippen LogP contribution in [-0.2, 0) is 0 Å². The Morgan fingerprint density at radius 1 is 1.00 bits per heavy atom. The third-order valence-corrected chi connectivity index (χ3v) is 2.81. The number of halogens is 1. The second-order valence-electron chi connectivity index (χ2n) is 4.29. The van der Waals surface area contributed by atoms with Crippen molar-refractivity contribution in [2.75, 3.05) is 11.1 Å². The Morgan fingerprint density at radius 3 is 2.40 bits per heavy atom. The number of hydrogen-bond acceptors (Lipinski definition) is 4. The van der Waals surface area contributed by atoms with Crippen LogP contribution < -0.4 is 11.1 Å². The van der Waals surface area contributed by atoms with Crippen LogP contribution in [-0.4, -0.2) is 4.98 Å². The van der Waals surface area contributed by atoms with Gasteiger partial charge in [0, 0.05) is 16.9 Å². The monoisotopic (exact) mass is 269 g/mol. The summed E-state index contributed by atoms with van der Waals surface area (Å²) < 4.78 is 18.1. The van der Waals surface area contributed by atoms with Gasteiger partial charge in [-0.15, -0.1) is 0 Å². The van der Waals surface area contributed by atoms with E-state index < -0.39 is 0 Å². The molecule has 0 bridgehead atoms. The van der Waals surface area contributed by atoms with Crippen molar-refractivity contribution in [1.29, 1.82) is 0 Å². The Hall–Kier alpha value is -2.82. The van der Waals surface area contributed by atoms with Crippen LogP contribution >= 0.6 is 0 Å². The molecule has 3 N–H and O–H groups in total. The van der Waals surface area contributed by atoms with Crippen molar-refractivity contribution < 1.29 is 8.81 Å². The van der Waals surface area contributed by atoms with Gasteiger partial charge in [0.05, 0.1) is 0 Å². The number of oxazole rings is 1. The van der Waals surface area contributed by atoms with E-state index in [9.17, 15) is 4.39 Å². The number of nitrogens with zero attached hydrogens (tertiary/aromatic N) is 1. The summed E-state index contributed by atoms with van der Waals surface area (Å²) in [6.07, 6.45) is 1.55. The van der Waals surface area contributed by atoms with Crippen LogP contribution in [0.3, 0.4) is 0 Å². The molecule has 4 nitrogen and oxygen atoms in total. The van der Waals surface area contributed by atoms with Gasteiger partial charge in [-0.1, -0.05) is 12.1 Å². The van der Waals surface area contributed by atoms with Crippen LogP contribution in [0.25, 0.3) is 11.3 Å². The smallest absolute Gasteiger partial charge is 0.299 e. The molecule has 0 saturated heterocycles. The Balaban J connectivity index is 1.80. The summed E-state index contributed by atoms with van der Waals surface area (Å²) in [4.78, 5) is 4.32. The number of rotatable bonds is 3. The highest BCUT2D eigenvalue weighted by atomic mass is 19.1. The highest BCUT2D eigenvalue weighted by Gasteiger charge is 2.06. The first-order valence-electron chi connectivity index (χ1n) is 6.05. The Labute approximate surface area is 115 Å². The molecule has 0 spiro atoms. The number of hydrogen-bond donors (Lipinski definition) is 2. The summed E-state index contributed by atoms with van der Waals surface area (Å²) in [6.45, 7) is 0. The Kier molecular flexibility index (Phi) is 3.09. The maximum Gasteiger partial charge on any atom is 0.299 e. The van der Waals surface area contributed by atoms with Crippen molar-refractivity contribution in [3.8, 4) is 11.3 Å². The second kappa shape index (κ2) is 5.05. The summed E-state index contributed by atoms with van der Waals surface area (Å²) in [5, 5.41) is 2.96. The van der Waals surface area contributed by atoms with Crippen molar-refractivity contribution in [3.63, 3.8) is 0 Å². The lowest BCUT2D eigenvalue weighted by Crippen LogP contribution is -1.90. The van der Waals surface area contributed by atoms with E-state index in [1.807, 2.05) is 12.1 Å². The van der Waals surface area contributed by atoms with Crippen molar-refractivity contribution in [2.24, 2.45) is 0 Å². The minimum absolute atomic E-state index is 0.287. The molecular weight excluding hydrogens is 257 g/mol. The zero-order valence-electron chi connectivity index (χ0n) is 10.5. The molecule has 0 atom stereocenters. The molecular formula is C15H12FN3O. The van der Waals surface area contributed by atoms with E-state index in [-0.39, 0.29) is 5.82 Å². The lowest BCUT2D eigenvalue weighted by atomic mass is 10.1. The molecule has 1 aromatic heterocycles. The van der Waals surface area contributed by atoms with Gasteiger partial charge in [-0.3, -0.25) is 0 Å². The molecule has 0 aliphatic rings. The van der Waals surface area contributed by atoms with Gasteiger partial charge in [-0.25, -0.2) is 4.39 Å². The van der Waals surface area contributed by atoms with E-state index in [1.165, 1.54) is 12.1 Å². The highest BCUT2D eigenvalue weighted by molar-refractivity contribution is 5.63. The van der Waals surface area contributed by atoms with E-state index in [0.29, 0.717) is 23.1 Å². The molecule has 1 heterocycles. The number of nitrogens with one attached hydrogen (secondary N) is 1. The van der Waals surface area contributed by atoms with Crippen LogP contribution in [0.5, 0.6) is 0 Å². The van der Waals surface area contributed by atoms with Crippen molar-refractivity contribution >= 4 is 17.4 Å². The lowest BCUT2D eigenvalue weighted by Gasteiger charge is -2.00. The van der Waals surface area contributed by atoms with Gasteiger partial charge in [-0.05, 0) is 36.4 Å². The van der Waals surface area contributed by atoms with E-state index >= 15 is 0 Å². The summed E-state index contributed by atoms with van der Waals surface area (Å²) in [6, 6.07) is 13.7. The van der Waals surface area contributed by atoms with Crippen LogP contribution in [0.4, 0.5) is 21.8 Å². The summed E-state index contributed by atoms with van der Waals surface area (Å²) in [7, 11) is 0. The topological polar surface area (TPSA) is 64.1 Å². The van der Waals surface area contributed by atoms with Crippen molar-refractivity contribution in [3.05, 3.63) is 60.6 Å². The average molecular weight is 269 g/mol. The number of nitrogen functional groups attached to an aromatic ring is 1. The largest absolute Gasteiger partial charge is 0.431 e. The van der Waals surface area contributed by atoms with Gasteiger partial charge < -0.3 is 15.5 Å². The molecule has 0 fully saturated rings. The van der Waals surface area contributed by atoms with Crippen molar-refractivity contribution in [2.45, 2.75) is 0 Å². The molecule has 20 heavy (non-hydrogen) atoms. The quantitative estimate of drug-likeness (QED) is 0.710. The molecule has 5 heteroatoms. The maximum absolute atomic E-state index is 12.8. The third-order valence-electron chi connectivity index (χ3n) is 2.81. The van der Waals surface area contributed by atoms with E-state index in [0.717, 1.165) is 5.56 Å². The first kappa shape index (κ1) is 12.2. The summed E-state index contributed by atoms with van der Waals surface area (Å²) >= 11 is 0. The van der Waals surface area contributed by atoms with Gasteiger partial charge >= 0.3 is 0 Å². The van der Waals surface area contributed by atoms with Gasteiger partial charge in [-0.2, -0.15) is 4.98 Å². The fourth-order valence-corrected chi connectivity index (χ4v) is 1.77. The molecule has 3 rings (SSSR count). The maximum atomic E-state index is 12.8. The van der Waals surface area contributed by atoms with E-state index in [1.54, 1.807) is 30.5 Å². The Bertz CT molecular complexity index is 705. The minimum Gasteiger partial charge on any atom is -0.431 e. The predicted molar refractivity (Wildman–Crippen MR) is 76.0 cm³/mol. The second-order valence-corrected chi connectivity index (χ2v) is 4.29. The molecule has 0 saturated carbocycles. The van der Waals surface area contributed by atoms with Crippen LogP contribution in [0.1, 0.15) is 0 Å². The normalized spacial score (nSPS) is 10.4. The molecule has 0 amide bonds. The van der Waals surface area contributed by atoms with Gasteiger partial charge in [0.15, 0.2) is 0 Å². The van der Waals surface area contributed by atoms with Crippen LogP contribution in [0, 0.1) is 5.82 Å². The number of aromatic nitrogens is 1. The molecule has 0 aliphatic heterocycles. The van der Waals surface area contributed by atoms with Crippen LogP contribution in [0.15, 0.2) is 59.2 Å². The summed E-state index contributed by atoms with van der Waals surface area (Å²) in [5.74, 6) is -0.287. The number of anilines is 3. The zero-order chi connectivity index (χ0) is 13.9. The fraction of sp³-hybridized carbons (Fsp3) is 0. The Morgan fingerprint density at radius 2 is 1.70 bits per heavy atom. The fourth-order valence-electron chi connectivity index (χ4n) is 1.77. The standard InChI is InChI=1S/C15H12FN3O/c16-11-3-7-13(8-4-11)18-15-19-14(9-20-15)10-1-5-12(17)6-2-10/h1-9H,17H2,(H,18,19). The first-order valence-corrected chi connectivity index (χ1v) is 6.05. The highest BCUT2D eigenvalue weighted by Crippen LogP contribution is 2.23.